The predicted molar refractivity (Wildman–Crippen MR) is 80.8 cm³/mol. The first kappa shape index (κ1) is 16.1. The van der Waals surface area contributed by atoms with Crippen LogP contribution in [0.4, 0.5) is 0 Å². The molecule has 1 rings (SSSR count). The van der Waals surface area contributed by atoms with Gasteiger partial charge >= 0.3 is 0 Å². The Bertz CT molecular complexity index is 277. The van der Waals surface area contributed by atoms with Crippen molar-refractivity contribution in [3.8, 4) is 0 Å². The van der Waals surface area contributed by atoms with Crippen molar-refractivity contribution in [2.24, 2.45) is 10.7 Å². The highest BCUT2D eigenvalue weighted by Gasteiger charge is 2.40. The summed E-state index contributed by atoms with van der Waals surface area (Å²) in [7, 11) is -0.802. The minimum Gasteiger partial charge on any atom is -0.370 e. The van der Waals surface area contributed by atoms with E-state index in [1.165, 1.54) is 0 Å². The zero-order valence-corrected chi connectivity index (χ0v) is 13.3. The van der Waals surface area contributed by atoms with Gasteiger partial charge in [-0.15, -0.1) is 24.0 Å². The maximum absolute atomic E-state index is 11.6. The summed E-state index contributed by atoms with van der Waals surface area (Å²) in [6, 6.07) is 0.290. The third-order valence-electron chi connectivity index (χ3n) is 2.85. The molecule has 1 unspecified atom stereocenters. The highest BCUT2D eigenvalue weighted by Crippen LogP contribution is 2.37. The maximum Gasteiger partial charge on any atom is 0.188 e. The molecule has 16 heavy (non-hydrogen) atoms. The summed E-state index contributed by atoms with van der Waals surface area (Å²) in [5, 5.41) is 3.03. The molecule has 0 aromatic heterocycles. The molecule has 1 aliphatic carbocycles. The van der Waals surface area contributed by atoms with Crippen molar-refractivity contribution in [3.63, 3.8) is 0 Å². The molecule has 1 aliphatic rings. The van der Waals surface area contributed by atoms with Gasteiger partial charge in [0.05, 0.1) is 11.3 Å². The van der Waals surface area contributed by atoms with Crippen molar-refractivity contribution < 1.29 is 4.21 Å². The Morgan fingerprint density at radius 3 is 2.44 bits per heavy atom. The van der Waals surface area contributed by atoms with E-state index < -0.39 is 10.8 Å². The summed E-state index contributed by atoms with van der Waals surface area (Å²) in [5.41, 5.74) is 5.70. The number of nitrogens with zero attached hydrogens (tertiary/aromatic N) is 1. The van der Waals surface area contributed by atoms with Crippen LogP contribution in [0.5, 0.6) is 0 Å². The van der Waals surface area contributed by atoms with Gasteiger partial charge < -0.3 is 11.1 Å². The third kappa shape index (κ3) is 4.20. The van der Waals surface area contributed by atoms with E-state index in [9.17, 15) is 4.21 Å². The van der Waals surface area contributed by atoms with Gasteiger partial charge in [0, 0.05) is 23.1 Å². The molecular weight excluding hydrogens is 337 g/mol. The minimum atomic E-state index is -0.802. The Morgan fingerprint density at radius 2 is 2.12 bits per heavy atom. The lowest BCUT2D eigenvalue weighted by atomic mass is 9.84. The molecule has 6 heteroatoms. The topological polar surface area (TPSA) is 67.5 Å². The second-order valence-electron chi connectivity index (χ2n) is 4.49. The van der Waals surface area contributed by atoms with Crippen LogP contribution in [0.15, 0.2) is 4.99 Å². The summed E-state index contributed by atoms with van der Waals surface area (Å²) in [6.45, 7) is 4.61. The SMILES string of the molecule is CC(C)NC(N)=NCC1(S(C)=O)CCC1.I. The van der Waals surface area contributed by atoms with Gasteiger partial charge in [0.2, 0.25) is 0 Å². The Morgan fingerprint density at radius 1 is 1.56 bits per heavy atom. The number of halogens is 1. The van der Waals surface area contributed by atoms with E-state index in [2.05, 4.69) is 10.3 Å². The first-order chi connectivity index (χ1) is 6.96. The fraction of sp³-hybridized carbons (Fsp3) is 0.900. The van der Waals surface area contributed by atoms with E-state index in [4.69, 9.17) is 5.73 Å². The summed E-state index contributed by atoms with van der Waals surface area (Å²) in [6.07, 6.45) is 4.94. The molecule has 3 N–H and O–H groups in total. The average molecular weight is 359 g/mol. The van der Waals surface area contributed by atoms with Gasteiger partial charge in [-0.1, -0.05) is 6.42 Å². The first-order valence-corrected chi connectivity index (χ1v) is 6.92. The van der Waals surface area contributed by atoms with Crippen LogP contribution < -0.4 is 11.1 Å². The number of aliphatic imine (C=N–C) groups is 1. The second-order valence-corrected chi connectivity index (χ2v) is 6.27. The third-order valence-corrected chi connectivity index (χ3v) is 4.61. The molecule has 4 nitrogen and oxygen atoms in total. The van der Waals surface area contributed by atoms with Crippen molar-refractivity contribution in [1.82, 2.24) is 5.32 Å². The van der Waals surface area contributed by atoms with Crippen molar-refractivity contribution >= 4 is 40.7 Å². The first-order valence-electron chi connectivity index (χ1n) is 5.36. The van der Waals surface area contributed by atoms with Crippen LogP contribution in [-0.4, -0.2) is 33.8 Å². The Balaban J connectivity index is 0.00000225. The van der Waals surface area contributed by atoms with Gasteiger partial charge in [-0.25, -0.2) is 0 Å². The molecule has 0 saturated heterocycles. The number of hydrogen-bond donors (Lipinski definition) is 2. The highest BCUT2D eigenvalue weighted by molar-refractivity contribution is 14.0. The quantitative estimate of drug-likeness (QED) is 0.451. The molecule has 1 fully saturated rings. The molecule has 96 valence electrons. The smallest absolute Gasteiger partial charge is 0.188 e. The van der Waals surface area contributed by atoms with Gasteiger partial charge in [-0.05, 0) is 26.7 Å². The van der Waals surface area contributed by atoms with E-state index >= 15 is 0 Å². The molecule has 0 radical (unpaired) electrons. The van der Waals surface area contributed by atoms with E-state index in [0.29, 0.717) is 18.5 Å². The Kier molecular flexibility index (Phi) is 6.84. The van der Waals surface area contributed by atoms with E-state index in [0.717, 1.165) is 19.3 Å². The number of nitrogens with one attached hydrogen (secondary N) is 1. The maximum atomic E-state index is 11.6. The molecule has 0 aliphatic heterocycles. The van der Waals surface area contributed by atoms with Crippen LogP contribution in [0, 0.1) is 0 Å². The minimum absolute atomic E-state index is 0. The highest BCUT2D eigenvalue weighted by atomic mass is 127. The summed E-state index contributed by atoms with van der Waals surface area (Å²) < 4.78 is 11.5. The van der Waals surface area contributed by atoms with E-state index in [-0.39, 0.29) is 28.7 Å². The largest absolute Gasteiger partial charge is 0.370 e. The van der Waals surface area contributed by atoms with Crippen LogP contribution in [0.2, 0.25) is 0 Å². The van der Waals surface area contributed by atoms with Gasteiger partial charge in [-0.3, -0.25) is 9.20 Å². The number of rotatable bonds is 4. The number of nitrogens with two attached hydrogens (primary N) is 1. The molecule has 0 amide bonds. The van der Waals surface area contributed by atoms with Crippen LogP contribution in [0.3, 0.4) is 0 Å². The van der Waals surface area contributed by atoms with Gasteiger partial charge in [0.15, 0.2) is 5.96 Å². The van der Waals surface area contributed by atoms with E-state index in [1.807, 2.05) is 13.8 Å². The standard InChI is InChI=1S/C10H21N3OS.HI/c1-8(2)13-9(11)12-7-10(15(3)14)5-4-6-10;/h8H,4-7H2,1-3H3,(H3,11,12,13);1H. The van der Waals surface area contributed by atoms with Crippen molar-refractivity contribution in [2.45, 2.75) is 43.9 Å². The predicted octanol–water partition coefficient (Wildman–Crippen LogP) is 1.22. The van der Waals surface area contributed by atoms with Crippen molar-refractivity contribution in [1.29, 1.82) is 0 Å². The van der Waals surface area contributed by atoms with Crippen LogP contribution in [0.1, 0.15) is 33.1 Å². The average Bonchev–Trinajstić information content (AvgIpc) is 1.99. The van der Waals surface area contributed by atoms with E-state index in [1.54, 1.807) is 6.26 Å². The Labute approximate surface area is 117 Å². The number of hydrogen-bond acceptors (Lipinski definition) is 2. The molecule has 0 bridgehead atoms. The monoisotopic (exact) mass is 359 g/mol. The fourth-order valence-corrected chi connectivity index (χ4v) is 2.79. The zero-order valence-electron chi connectivity index (χ0n) is 10.2. The molecular formula is C10H22IN3OS. The van der Waals surface area contributed by atoms with Crippen molar-refractivity contribution in [2.75, 3.05) is 12.8 Å². The van der Waals surface area contributed by atoms with Gasteiger partial charge in [0.25, 0.3) is 0 Å². The Hall–Kier alpha value is 0.150. The fourth-order valence-electron chi connectivity index (χ4n) is 1.68. The number of guanidine groups is 1. The zero-order chi connectivity index (χ0) is 11.5. The van der Waals surface area contributed by atoms with Crippen LogP contribution in [0.25, 0.3) is 0 Å². The lowest BCUT2D eigenvalue weighted by Gasteiger charge is -2.38. The normalized spacial score (nSPS) is 20.9. The van der Waals surface area contributed by atoms with Crippen LogP contribution >= 0.6 is 24.0 Å². The molecule has 0 aromatic rings. The molecule has 1 atom stereocenters. The molecule has 1 saturated carbocycles. The van der Waals surface area contributed by atoms with Gasteiger partial charge in [-0.2, -0.15) is 0 Å². The molecule has 0 heterocycles. The second kappa shape index (κ2) is 6.78. The molecule has 0 aromatic carbocycles. The van der Waals surface area contributed by atoms with Crippen LogP contribution in [-0.2, 0) is 10.8 Å². The lowest BCUT2D eigenvalue weighted by molar-refractivity contribution is 0.361. The lowest BCUT2D eigenvalue weighted by Crippen LogP contribution is -2.46. The summed E-state index contributed by atoms with van der Waals surface area (Å²) in [4.78, 5) is 4.27. The van der Waals surface area contributed by atoms with Gasteiger partial charge in [0.1, 0.15) is 0 Å². The van der Waals surface area contributed by atoms with Crippen molar-refractivity contribution in [3.05, 3.63) is 0 Å². The molecule has 0 spiro atoms. The summed E-state index contributed by atoms with van der Waals surface area (Å²) >= 11 is 0. The summed E-state index contributed by atoms with van der Waals surface area (Å²) in [5.74, 6) is 0.460.